The number of rotatable bonds is 2. The first-order chi connectivity index (χ1) is 9.34. The van der Waals surface area contributed by atoms with Gasteiger partial charge in [-0.2, -0.15) is 0 Å². The van der Waals surface area contributed by atoms with Gasteiger partial charge in [0.2, 0.25) is 0 Å². The Morgan fingerprint density at radius 3 is 2.79 bits per heavy atom. The molecule has 1 spiro atoms. The summed E-state index contributed by atoms with van der Waals surface area (Å²) in [5.74, 6) is 0.997. The summed E-state index contributed by atoms with van der Waals surface area (Å²) in [6.07, 6.45) is 7.65. The van der Waals surface area contributed by atoms with Crippen LogP contribution in [0.25, 0.3) is 0 Å². The van der Waals surface area contributed by atoms with E-state index in [1.807, 2.05) is 6.20 Å². The average molecular weight is 262 g/mol. The van der Waals surface area contributed by atoms with Crippen LogP contribution in [0, 0.1) is 0 Å². The van der Waals surface area contributed by atoms with E-state index in [-0.39, 0.29) is 5.54 Å². The minimum atomic E-state index is 0.256. The summed E-state index contributed by atoms with van der Waals surface area (Å²) >= 11 is 0. The molecular weight excluding hydrogens is 240 g/mol. The zero-order valence-electron chi connectivity index (χ0n) is 11.6. The van der Waals surface area contributed by atoms with Crippen molar-refractivity contribution >= 4 is 5.82 Å². The van der Waals surface area contributed by atoms with Gasteiger partial charge in [-0.15, -0.1) is 0 Å². The second-order valence-electron chi connectivity index (χ2n) is 5.41. The quantitative estimate of drug-likeness (QED) is 0.800. The zero-order valence-corrected chi connectivity index (χ0v) is 11.6. The number of aromatic nitrogens is 2. The molecule has 1 aromatic rings. The number of hydrogen-bond acceptors (Lipinski definition) is 5. The van der Waals surface area contributed by atoms with Crippen molar-refractivity contribution in [2.75, 3.05) is 44.3 Å². The third-order valence-electron chi connectivity index (χ3n) is 4.50. The Morgan fingerprint density at radius 1 is 1.26 bits per heavy atom. The first-order valence-electron chi connectivity index (χ1n) is 7.18. The first kappa shape index (κ1) is 12.8. The smallest absolute Gasteiger partial charge is 0.147 e. The van der Waals surface area contributed by atoms with E-state index in [0.29, 0.717) is 0 Å². The topological polar surface area (TPSA) is 41.5 Å². The molecular formula is C14H22N4O. The second-order valence-corrected chi connectivity index (χ2v) is 5.41. The molecule has 0 atom stereocenters. The summed E-state index contributed by atoms with van der Waals surface area (Å²) < 4.78 is 5.75. The highest BCUT2D eigenvalue weighted by atomic mass is 16.5. The monoisotopic (exact) mass is 262 g/mol. The normalized spacial score (nSPS) is 23.7. The molecule has 2 aliphatic rings. The number of nitrogens with zero attached hydrogens (tertiary/aromatic N) is 4. The third-order valence-corrected chi connectivity index (χ3v) is 4.50. The van der Waals surface area contributed by atoms with Crippen LogP contribution >= 0.6 is 0 Å². The fourth-order valence-electron chi connectivity index (χ4n) is 3.33. The van der Waals surface area contributed by atoms with Gasteiger partial charge in [-0.05, 0) is 19.4 Å². The molecule has 0 aromatic carbocycles. The van der Waals surface area contributed by atoms with Crippen LogP contribution in [0.2, 0.25) is 0 Å². The Morgan fingerprint density at radius 2 is 2.11 bits per heavy atom. The molecule has 2 aliphatic heterocycles. The van der Waals surface area contributed by atoms with E-state index < -0.39 is 0 Å². The van der Waals surface area contributed by atoms with E-state index in [9.17, 15) is 0 Å². The Balaban J connectivity index is 1.68. The average Bonchev–Trinajstić information content (AvgIpc) is 2.49. The van der Waals surface area contributed by atoms with E-state index in [0.717, 1.165) is 58.1 Å². The number of ether oxygens (including phenoxy) is 1. The van der Waals surface area contributed by atoms with Gasteiger partial charge in [0.25, 0.3) is 0 Å². The lowest BCUT2D eigenvalue weighted by atomic mass is 9.85. The predicted molar refractivity (Wildman–Crippen MR) is 74.3 cm³/mol. The minimum Gasteiger partial charge on any atom is -0.378 e. The highest BCUT2D eigenvalue weighted by Crippen LogP contribution is 2.32. The first-order valence-corrected chi connectivity index (χ1v) is 7.18. The maximum atomic E-state index is 5.75. The van der Waals surface area contributed by atoms with Gasteiger partial charge in [0.15, 0.2) is 0 Å². The number of piperidine rings is 1. The summed E-state index contributed by atoms with van der Waals surface area (Å²) in [4.78, 5) is 13.5. The molecule has 5 nitrogen and oxygen atoms in total. The molecule has 0 saturated carbocycles. The molecule has 0 bridgehead atoms. The van der Waals surface area contributed by atoms with Crippen LogP contribution in [-0.2, 0) is 4.74 Å². The molecule has 1 aromatic heterocycles. The number of anilines is 1. The van der Waals surface area contributed by atoms with Crippen molar-refractivity contribution in [1.29, 1.82) is 0 Å². The molecule has 104 valence electrons. The van der Waals surface area contributed by atoms with E-state index in [1.54, 1.807) is 12.4 Å². The van der Waals surface area contributed by atoms with Crippen LogP contribution in [0.5, 0.6) is 0 Å². The third kappa shape index (κ3) is 2.44. The predicted octanol–water partition coefficient (Wildman–Crippen LogP) is 1.17. The zero-order chi connectivity index (χ0) is 13.1. The van der Waals surface area contributed by atoms with Gasteiger partial charge in [0.05, 0.1) is 19.4 Å². The Labute approximate surface area is 114 Å². The Hall–Kier alpha value is -1.20. The van der Waals surface area contributed by atoms with Gasteiger partial charge in [-0.3, -0.25) is 9.88 Å². The van der Waals surface area contributed by atoms with Gasteiger partial charge < -0.3 is 9.64 Å². The standard InChI is InChI=1S/C14H22N4O/c1-2-18-9-10-19-12-14(18)3-7-17(8-4-14)13-11-15-5-6-16-13/h5-6,11H,2-4,7-10,12H2,1H3. The van der Waals surface area contributed by atoms with E-state index in [4.69, 9.17) is 4.74 Å². The fraction of sp³-hybridized carbons (Fsp3) is 0.714. The summed E-state index contributed by atoms with van der Waals surface area (Å²) in [6, 6.07) is 0. The maximum Gasteiger partial charge on any atom is 0.147 e. The van der Waals surface area contributed by atoms with Crippen molar-refractivity contribution in [1.82, 2.24) is 14.9 Å². The minimum absolute atomic E-state index is 0.256. The fourth-order valence-corrected chi connectivity index (χ4v) is 3.33. The van der Waals surface area contributed by atoms with Crippen LogP contribution in [0.15, 0.2) is 18.6 Å². The van der Waals surface area contributed by atoms with Gasteiger partial charge >= 0.3 is 0 Å². The summed E-state index contributed by atoms with van der Waals surface area (Å²) in [7, 11) is 0. The maximum absolute atomic E-state index is 5.75. The molecule has 0 radical (unpaired) electrons. The van der Waals surface area contributed by atoms with Gasteiger partial charge in [0, 0.05) is 37.6 Å². The summed E-state index contributed by atoms with van der Waals surface area (Å²) in [6.45, 7) is 8.29. The van der Waals surface area contributed by atoms with E-state index in [1.165, 1.54) is 0 Å². The molecule has 2 fully saturated rings. The van der Waals surface area contributed by atoms with Gasteiger partial charge in [-0.25, -0.2) is 4.98 Å². The Kier molecular flexibility index (Phi) is 3.66. The highest BCUT2D eigenvalue weighted by molar-refractivity contribution is 5.36. The SMILES string of the molecule is CCN1CCOCC12CCN(c1cnccn1)CC2. The molecule has 19 heavy (non-hydrogen) atoms. The van der Waals surface area contributed by atoms with Crippen LogP contribution < -0.4 is 4.90 Å². The summed E-state index contributed by atoms with van der Waals surface area (Å²) in [5, 5.41) is 0. The molecule has 3 rings (SSSR count). The summed E-state index contributed by atoms with van der Waals surface area (Å²) in [5.41, 5.74) is 0.256. The molecule has 0 amide bonds. The van der Waals surface area contributed by atoms with Crippen LogP contribution in [0.3, 0.4) is 0 Å². The molecule has 0 N–H and O–H groups in total. The van der Waals surface area contributed by atoms with Crippen LogP contribution in [0.1, 0.15) is 19.8 Å². The molecule has 5 heteroatoms. The van der Waals surface area contributed by atoms with Crippen molar-refractivity contribution in [2.24, 2.45) is 0 Å². The van der Waals surface area contributed by atoms with Crippen molar-refractivity contribution in [3.05, 3.63) is 18.6 Å². The second kappa shape index (κ2) is 5.43. The van der Waals surface area contributed by atoms with E-state index in [2.05, 4.69) is 26.7 Å². The van der Waals surface area contributed by atoms with Gasteiger partial charge in [-0.1, -0.05) is 6.92 Å². The lowest BCUT2D eigenvalue weighted by molar-refractivity contribution is -0.0774. The lowest BCUT2D eigenvalue weighted by Crippen LogP contribution is -2.61. The largest absolute Gasteiger partial charge is 0.378 e. The van der Waals surface area contributed by atoms with Crippen molar-refractivity contribution in [3.63, 3.8) is 0 Å². The van der Waals surface area contributed by atoms with Gasteiger partial charge in [0.1, 0.15) is 5.82 Å². The molecule has 0 aliphatic carbocycles. The molecule has 3 heterocycles. The van der Waals surface area contributed by atoms with E-state index >= 15 is 0 Å². The Bertz CT molecular complexity index is 403. The van der Waals surface area contributed by atoms with Crippen LogP contribution in [-0.4, -0.2) is 59.8 Å². The van der Waals surface area contributed by atoms with Crippen LogP contribution in [0.4, 0.5) is 5.82 Å². The van der Waals surface area contributed by atoms with Crippen molar-refractivity contribution < 1.29 is 4.74 Å². The molecule has 2 saturated heterocycles. The highest BCUT2D eigenvalue weighted by Gasteiger charge is 2.41. The number of likely N-dealkylation sites (N-methyl/N-ethyl adjacent to an activating group) is 1. The number of hydrogen-bond donors (Lipinski definition) is 0. The van der Waals surface area contributed by atoms with Crippen molar-refractivity contribution in [3.8, 4) is 0 Å². The lowest BCUT2D eigenvalue weighted by Gasteiger charge is -2.51. The van der Waals surface area contributed by atoms with Crippen molar-refractivity contribution in [2.45, 2.75) is 25.3 Å². The molecule has 0 unspecified atom stereocenters. The number of morpholine rings is 1.